The molecule has 0 aromatic heterocycles. The fourth-order valence-electron chi connectivity index (χ4n) is 4.64. The second kappa shape index (κ2) is 13.8. The molecule has 12 heteroatoms. The van der Waals surface area contributed by atoms with E-state index < -0.39 is 21.9 Å². The van der Waals surface area contributed by atoms with E-state index in [2.05, 4.69) is 5.32 Å². The maximum Gasteiger partial charge on any atom is 0.338 e. The third-order valence-electron chi connectivity index (χ3n) is 7.04. The molecule has 0 saturated heterocycles. The average molecular weight is 620 g/mol. The van der Waals surface area contributed by atoms with Gasteiger partial charge in [0.05, 0.1) is 35.0 Å². The number of ether oxygens (including phenoxy) is 1. The van der Waals surface area contributed by atoms with Crippen molar-refractivity contribution >= 4 is 50.6 Å². The lowest BCUT2D eigenvalue weighted by Crippen LogP contribution is -2.42. The van der Waals surface area contributed by atoms with Gasteiger partial charge in [-0.1, -0.05) is 36.4 Å². The molecule has 44 heavy (non-hydrogen) atoms. The Balaban J connectivity index is 1.73. The summed E-state index contributed by atoms with van der Waals surface area (Å²) in [5.74, 6) is -2.05. The van der Waals surface area contributed by atoms with Crippen molar-refractivity contribution in [2.75, 3.05) is 63.3 Å². The number of hydrogen-bond acceptors (Lipinski definition) is 8. The van der Waals surface area contributed by atoms with E-state index in [0.717, 1.165) is 9.87 Å². The lowest BCUT2D eigenvalue weighted by atomic mass is 9.90. The topological polar surface area (TPSA) is 129 Å². The number of anilines is 2. The molecule has 3 aromatic rings. The molecule has 0 spiro atoms. The first-order chi connectivity index (χ1) is 20.9. The van der Waals surface area contributed by atoms with E-state index in [-0.39, 0.29) is 30.7 Å². The first kappa shape index (κ1) is 32.4. The van der Waals surface area contributed by atoms with Crippen molar-refractivity contribution in [2.45, 2.75) is 12.8 Å². The molecule has 1 atom stereocenters. The van der Waals surface area contributed by atoms with E-state index in [1.165, 1.54) is 4.90 Å². The van der Waals surface area contributed by atoms with E-state index in [1.54, 1.807) is 82.5 Å². The van der Waals surface area contributed by atoms with Crippen LogP contribution in [-0.4, -0.2) is 95.4 Å². The lowest BCUT2D eigenvalue weighted by Gasteiger charge is -2.26. The van der Waals surface area contributed by atoms with Gasteiger partial charge in [0.15, 0.2) is 0 Å². The van der Waals surface area contributed by atoms with Crippen LogP contribution in [0.4, 0.5) is 17.1 Å². The molecule has 0 radical (unpaired) electrons. The first-order valence-corrected chi connectivity index (χ1v) is 15.7. The number of rotatable bonds is 12. The van der Waals surface area contributed by atoms with Gasteiger partial charge in [0, 0.05) is 26.3 Å². The summed E-state index contributed by atoms with van der Waals surface area (Å²) in [5, 5.41) is 2.87. The van der Waals surface area contributed by atoms with E-state index in [1.807, 2.05) is 30.3 Å². The molecule has 4 rings (SSSR count). The highest BCUT2D eigenvalue weighted by Crippen LogP contribution is 2.37. The van der Waals surface area contributed by atoms with Gasteiger partial charge in [-0.15, -0.1) is 0 Å². The van der Waals surface area contributed by atoms with Crippen molar-refractivity contribution in [3.05, 3.63) is 89.5 Å². The molecule has 1 N–H and O–H groups in total. The van der Waals surface area contributed by atoms with Crippen LogP contribution in [0.2, 0.25) is 0 Å². The summed E-state index contributed by atoms with van der Waals surface area (Å²) < 4.78 is 32.8. The predicted molar refractivity (Wildman–Crippen MR) is 171 cm³/mol. The zero-order valence-electron chi connectivity index (χ0n) is 25.5. The Labute approximate surface area is 258 Å². The smallest absolute Gasteiger partial charge is 0.338 e. The van der Waals surface area contributed by atoms with Gasteiger partial charge in [-0.25, -0.2) is 13.2 Å². The monoisotopic (exact) mass is 619 g/mol. The minimum absolute atomic E-state index is 0.160. The molecule has 2 amide bonds. The quantitative estimate of drug-likeness (QED) is 0.243. The number of benzene rings is 3. The van der Waals surface area contributed by atoms with Crippen LogP contribution in [0.25, 0.3) is 0 Å². The molecular formula is C32H37N5O6S. The second-order valence-electron chi connectivity index (χ2n) is 10.7. The van der Waals surface area contributed by atoms with Gasteiger partial charge >= 0.3 is 5.97 Å². The normalized spacial score (nSPS) is 14.6. The van der Waals surface area contributed by atoms with Crippen molar-refractivity contribution in [1.29, 1.82) is 0 Å². The number of carbonyl (C=O) groups is 3. The molecule has 1 aliphatic rings. The zero-order valence-corrected chi connectivity index (χ0v) is 26.3. The molecular weight excluding hydrogens is 582 g/mol. The predicted octanol–water partition coefficient (Wildman–Crippen LogP) is 3.51. The highest BCUT2D eigenvalue weighted by atomic mass is 32.2. The van der Waals surface area contributed by atoms with Crippen molar-refractivity contribution < 1.29 is 27.5 Å². The fraction of sp³-hybridized carbons (Fsp3) is 0.312. The number of nitrogens with zero attached hydrogens (tertiary/aromatic N) is 4. The number of carbonyl (C=O) groups excluding carboxylic acids is 3. The van der Waals surface area contributed by atoms with Crippen LogP contribution in [0.15, 0.2) is 77.8 Å². The zero-order chi connectivity index (χ0) is 32.0. The summed E-state index contributed by atoms with van der Waals surface area (Å²) in [6.45, 7) is 1.92. The Morgan fingerprint density at radius 1 is 0.932 bits per heavy atom. The third-order valence-corrected chi connectivity index (χ3v) is 8.75. The van der Waals surface area contributed by atoms with Crippen molar-refractivity contribution in [3.8, 4) is 0 Å². The van der Waals surface area contributed by atoms with Gasteiger partial charge in [0.2, 0.25) is 21.8 Å². The Morgan fingerprint density at radius 3 is 2.23 bits per heavy atom. The number of sulfonamides is 1. The van der Waals surface area contributed by atoms with E-state index >= 15 is 0 Å². The van der Waals surface area contributed by atoms with Crippen molar-refractivity contribution in [1.82, 2.24) is 9.80 Å². The molecule has 1 unspecified atom stereocenters. The van der Waals surface area contributed by atoms with E-state index in [9.17, 15) is 22.8 Å². The highest BCUT2D eigenvalue weighted by Gasteiger charge is 2.36. The number of aliphatic imine (C=N–C) groups is 1. The maximum absolute atomic E-state index is 13.3. The molecule has 232 valence electrons. The van der Waals surface area contributed by atoms with E-state index in [0.29, 0.717) is 40.4 Å². The molecule has 3 aromatic carbocycles. The number of fused-ring (bicyclic) bond motifs is 1. The standard InChI is InChI=1S/C32H37N5O6S/c1-6-43-32(40)23-12-17-26-27(20-23)34-31(39)29(26)30(22-10-8-7-9-11-22)33-24-13-15-25(16-14-24)37(21-28(38)36(4)5)44(41,42)19-18-35(2)3/h7-17,20,29H,6,18-19,21H2,1-5H3,(H,34,39). The van der Waals surface area contributed by atoms with Crippen LogP contribution in [0, 0.1) is 0 Å². The average Bonchev–Trinajstić information content (AvgIpc) is 3.33. The van der Waals surface area contributed by atoms with Gasteiger partial charge < -0.3 is 19.9 Å². The Bertz CT molecular complexity index is 1650. The minimum atomic E-state index is -3.82. The van der Waals surface area contributed by atoms with E-state index in [4.69, 9.17) is 9.73 Å². The van der Waals surface area contributed by atoms with Crippen LogP contribution in [-0.2, 0) is 24.3 Å². The molecule has 0 fully saturated rings. The lowest BCUT2D eigenvalue weighted by molar-refractivity contribution is -0.127. The molecule has 0 aliphatic carbocycles. The van der Waals surface area contributed by atoms with Crippen LogP contribution >= 0.6 is 0 Å². The third kappa shape index (κ3) is 7.50. The van der Waals surface area contributed by atoms with Gasteiger partial charge in [0.25, 0.3) is 0 Å². The van der Waals surface area contributed by atoms with Crippen LogP contribution in [0.3, 0.4) is 0 Å². The summed E-state index contributed by atoms with van der Waals surface area (Å²) in [6.07, 6.45) is 0. The summed E-state index contributed by atoms with van der Waals surface area (Å²) in [6, 6.07) is 20.8. The summed E-state index contributed by atoms with van der Waals surface area (Å²) in [7, 11) is 2.89. The van der Waals surface area contributed by atoms with Crippen molar-refractivity contribution in [2.24, 2.45) is 4.99 Å². The van der Waals surface area contributed by atoms with Crippen molar-refractivity contribution in [3.63, 3.8) is 0 Å². The highest BCUT2D eigenvalue weighted by molar-refractivity contribution is 7.92. The fourth-order valence-corrected chi connectivity index (χ4v) is 6.20. The number of likely N-dealkylation sites (N-methyl/N-ethyl adjacent to an activating group) is 1. The van der Waals surface area contributed by atoms with Crippen LogP contribution in [0.5, 0.6) is 0 Å². The van der Waals surface area contributed by atoms with Gasteiger partial charge in [-0.2, -0.15) is 0 Å². The number of nitrogens with one attached hydrogen (secondary N) is 1. The Hall–Kier alpha value is -4.55. The number of esters is 1. The van der Waals surface area contributed by atoms with Gasteiger partial charge in [-0.05, 0) is 68.5 Å². The number of amides is 2. The first-order valence-electron chi connectivity index (χ1n) is 14.1. The molecule has 11 nitrogen and oxygen atoms in total. The van der Waals surface area contributed by atoms with Gasteiger partial charge in [-0.3, -0.25) is 18.9 Å². The number of hydrogen-bond donors (Lipinski definition) is 1. The summed E-state index contributed by atoms with van der Waals surface area (Å²) >= 11 is 0. The maximum atomic E-state index is 13.3. The van der Waals surface area contributed by atoms with Crippen LogP contribution in [0.1, 0.15) is 34.3 Å². The largest absolute Gasteiger partial charge is 0.462 e. The second-order valence-corrected chi connectivity index (χ2v) is 12.8. The minimum Gasteiger partial charge on any atom is -0.462 e. The summed E-state index contributed by atoms with van der Waals surface area (Å²) in [5.41, 5.74) is 3.53. The van der Waals surface area contributed by atoms with Gasteiger partial charge in [0.1, 0.15) is 12.5 Å². The summed E-state index contributed by atoms with van der Waals surface area (Å²) in [4.78, 5) is 46.2. The molecule has 0 bridgehead atoms. The SMILES string of the molecule is CCOC(=O)c1ccc2c(c1)NC(=O)C2C(=Nc1ccc(N(CC(=O)N(C)C)S(=O)(=O)CCN(C)C)cc1)c1ccccc1. The van der Waals surface area contributed by atoms with Crippen LogP contribution < -0.4 is 9.62 Å². The molecule has 1 aliphatic heterocycles. The molecule has 1 heterocycles. The Kier molecular flexibility index (Phi) is 10.2. The Morgan fingerprint density at radius 2 is 1.61 bits per heavy atom. The molecule has 0 saturated carbocycles.